The number of carbonyl (C=O) groups excluding carboxylic acids is 1. The molecule has 1 N–H and O–H groups in total. The molecule has 4 rings (SSSR count). The third kappa shape index (κ3) is 3.73. The van der Waals surface area contributed by atoms with Crippen LogP contribution in [-0.4, -0.2) is 50.1 Å². The lowest BCUT2D eigenvalue weighted by Gasteiger charge is -2.15. The Labute approximate surface area is 155 Å². The largest absolute Gasteiger partial charge is 0.391 e. The fourth-order valence-corrected chi connectivity index (χ4v) is 4.33. The van der Waals surface area contributed by atoms with Gasteiger partial charge in [0, 0.05) is 50.4 Å². The second-order valence-electron chi connectivity index (χ2n) is 6.60. The Morgan fingerprint density at radius 3 is 2.96 bits per heavy atom. The van der Waals surface area contributed by atoms with Crippen LogP contribution in [0.25, 0.3) is 10.2 Å². The maximum atomic E-state index is 12.5. The van der Waals surface area contributed by atoms with E-state index in [4.69, 9.17) is 0 Å². The van der Waals surface area contributed by atoms with Crippen molar-refractivity contribution in [3.05, 3.63) is 53.6 Å². The minimum atomic E-state index is -0.511. The molecule has 3 aromatic rings. The highest BCUT2D eigenvalue weighted by atomic mass is 32.1. The molecular weight excluding hydrogens is 348 g/mol. The third-order valence-electron chi connectivity index (χ3n) is 4.74. The van der Waals surface area contributed by atoms with E-state index in [0.29, 0.717) is 32.4 Å². The lowest BCUT2D eigenvalue weighted by Crippen LogP contribution is -2.29. The first-order valence-electron chi connectivity index (χ1n) is 8.74. The van der Waals surface area contributed by atoms with Gasteiger partial charge in [-0.25, -0.2) is 4.98 Å². The number of nitrogens with zero attached hydrogens (tertiary/aromatic N) is 4. The van der Waals surface area contributed by atoms with E-state index < -0.39 is 6.10 Å². The number of aliphatic hydroxyl groups is 1. The number of likely N-dealkylation sites (tertiary alicyclic amines) is 1. The lowest BCUT2D eigenvalue weighted by molar-refractivity contribution is -0.130. The van der Waals surface area contributed by atoms with Gasteiger partial charge >= 0.3 is 0 Å². The van der Waals surface area contributed by atoms with E-state index in [1.54, 1.807) is 34.8 Å². The van der Waals surface area contributed by atoms with Gasteiger partial charge < -0.3 is 10.0 Å². The van der Waals surface area contributed by atoms with Gasteiger partial charge in [0.05, 0.1) is 27.0 Å². The van der Waals surface area contributed by atoms with E-state index >= 15 is 0 Å². The van der Waals surface area contributed by atoms with Gasteiger partial charge in [0.1, 0.15) is 0 Å². The maximum absolute atomic E-state index is 12.5. The molecule has 0 aliphatic carbocycles. The SMILES string of the molecule is O=C(CCc1nc2ccccc2s1)N1C[C@@H](Cc2cnccn2)[C@H](O)C1. The van der Waals surface area contributed by atoms with Crippen LogP contribution in [0.2, 0.25) is 0 Å². The lowest BCUT2D eigenvalue weighted by atomic mass is 10.0. The summed E-state index contributed by atoms with van der Waals surface area (Å²) in [5, 5.41) is 11.3. The summed E-state index contributed by atoms with van der Waals surface area (Å²) in [7, 11) is 0. The minimum Gasteiger partial charge on any atom is -0.391 e. The summed E-state index contributed by atoms with van der Waals surface area (Å²) in [4.78, 5) is 27.2. The molecule has 2 atom stereocenters. The first-order chi connectivity index (χ1) is 12.7. The van der Waals surface area contributed by atoms with Crippen molar-refractivity contribution in [2.45, 2.75) is 25.4 Å². The normalized spacial score (nSPS) is 20.0. The number of thiazole rings is 1. The fraction of sp³-hybridized carbons (Fsp3) is 0.368. The van der Waals surface area contributed by atoms with Gasteiger partial charge in [0.2, 0.25) is 5.91 Å². The standard InChI is InChI=1S/C19H20N4O2S/c24-16-12-23(11-13(16)9-14-10-20-7-8-21-14)19(25)6-5-18-22-15-3-1-2-4-17(15)26-18/h1-4,7-8,10,13,16,24H,5-6,9,11-12H2/t13-,16-/m1/s1. The van der Waals surface area contributed by atoms with Crippen LogP contribution < -0.4 is 0 Å². The van der Waals surface area contributed by atoms with Crippen molar-refractivity contribution in [3.8, 4) is 0 Å². The van der Waals surface area contributed by atoms with Gasteiger partial charge in [-0.1, -0.05) is 12.1 Å². The topological polar surface area (TPSA) is 79.2 Å². The number of para-hydroxylation sites is 1. The number of hydrogen-bond acceptors (Lipinski definition) is 6. The number of aryl methyl sites for hydroxylation is 1. The summed E-state index contributed by atoms with van der Waals surface area (Å²) in [6, 6.07) is 8.01. The van der Waals surface area contributed by atoms with Gasteiger partial charge in [-0.15, -0.1) is 11.3 Å². The second-order valence-corrected chi connectivity index (χ2v) is 7.72. The number of benzene rings is 1. The van der Waals surface area contributed by atoms with Crippen LogP contribution in [0.5, 0.6) is 0 Å². The Hall–Kier alpha value is -2.38. The molecule has 1 amide bonds. The molecular formula is C19H20N4O2S. The number of hydrogen-bond donors (Lipinski definition) is 1. The van der Waals surface area contributed by atoms with Crippen LogP contribution in [0.4, 0.5) is 0 Å². The van der Waals surface area contributed by atoms with Crippen LogP contribution in [0, 0.1) is 5.92 Å². The molecule has 7 heteroatoms. The van der Waals surface area contributed by atoms with Gasteiger partial charge in [-0.2, -0.15) is 0 Å². The zero-order valence-electron chi connectivity index (χ0n) is 14.3. The van der Waals surface area contributed by atoms with Crippen LogP contribution in [0.1, 0.15) is 17.1 Å². The third-order valence-corrected chi connectivity index (χ3v) is 5.83. The van der Waals surface area contributed by atoms with Crippen molar-refractivity contribution in [3.63, 3.8) is 0 Å². The zero-order chi connectivity index (χ0) is 17.9. The number of aromatic nitrogens is 3. The van der Waals surface area contributed by atoms with E-state index in [2.05, 4.69) is 15.0 Å². The van der Waals surface area contributed by atoms with E-state index in [-0.39, 0.29) is 11.8 Å². The summed E-state index contributed by atoms with van der Waals surface area (Å²) in [5.74, 6) is 0.0862. The Morgan fingerprint density at radius 1 is 1.27 bits per heavy atom. The molecule has 0 saturated carbocycles. The van der Waals surface area contributed by atoms with Crippen molar-refractivity contribution in [2.24, 2.45) is 5.92 Å². The first kappa shape index (κ1) is 17.1. The summed E-state index contributed by atoms with van der Waals surface area (Å²) < 4.78 is 1.15. The van der Waals surface area contributed by atoms with Crippen molar-refractivity contribution in [2.75, 3.05) is 13.1 Å². The van der Waals surface area contributed by atoms with E-state index in [1.807, 2.05) is 24.3 Å². The number of aliphatic hydroxyl groups excluding tert-OH is 1. The highest BCUT2D eigenvalue weighted by Crippen LogP contribution is 2.24. The molecule has 26 heavy (non-hydrogen) atoms. The average Bonchev–Trinajstić information content (AvgIpc) is 3.24. The molecule has 3 heterocycles. The van der Waals surface area contributed by atoms with Gasteiger partial charge in [-0.05, 0) is 18.6 Å². The summed E-state index contributed by atoms with van der Waals surface area (Å²) in [6.45, 7) is 0.958. The Bertz CT molecular complexity index is 866. The molecule has 0 spiro atoms. The molecule has 0 bridgehead atoms. The van der Waals surface area contributed by atoms with Crippen molar-refractivity contribution in [1.82, 2.24) is 19.9 Å². The highest BCUT2D eigenvalue weighted by Gasteiger charge is 2.34. The van der Waals surface area contributed by atoms with Crippen LogP contribution in [-0.2, 0) is 17.6 Å². The van der Waals surface area contributed by atoms with Crippen LogP contribution in [0.3, 0.4) is 0 Å². The smallest absolute Gasteiger partial charge is 0.223 e. The summed E-state index contributed by atoms with van der Waals surface area (Å²) in [6.07, 6.45) is 6.18. The highest BCUT2D eigenvalue weighted by molar-refractivity contribution is 7.18. The quantitative estimate of drug-likeness (QED) is 0.746. The molecule has 1 aliphatic heterocycles. The Kier molecular flexibility index (Phi) is 4.90. The monoisotopic (exact) mass is 368 g/mol. The number of amides is 1. The van der Waals surface area contributed by atoms with Crippen LogP contribution >= 0.6 is 11.3 Å². The van der Waals surface area contributed by atoms with E-state index in [9.17, 15) is 9.90 Å². The molecule has 6 nitrogen and oxygen atoms in total. The number of rotatable bonds is 5. The van der Waals surface area contributed by atoms with Crippen molar-refractivity contribution < 1.29 is 9.90 Å². The molecule has 1 aliphatic rings. The molecule has 134 valence electrons. The predicted octanol–water partition coefficient (Wildman–Crippen LogP) is 2.08. The predicted molar refractivity (Wildman–Crippen MR) is 99.8 cm³/mol. The van der Waals surface area contributed by atoms with E-state index in [0.717, 1.165) is 20.9 Å². The second kappa shape index (κ2) is 7.47. The number of β-amino-alcohol motifs (C(OH)–C–C–N with tert-alkyl or cyclic N) is 1. The number of carbonyl (C=O) groups is 1. The molecule has 0 radical (unpaired) electrons. The first-order valence-corrected chi connectivity index (χ1v) is 9.56. The zero-order valence-corrected chi connectivity index (χ0v) is 15.1. The van der Waals surface area contributed by atoms with E-state index in [1.165, 1.54) is 0 Å². The molecule has 0 unspecified atom stereocenters. The maximum Gasteiger partial charge on any atom is 0.223 e. The summed E-state index contributed by atoms with van der Waals surface area (Å²) >= 11 is 1.64. The molecule has 2 aromatic heterocycles. The summed E-state index contributed by atoms with van der Waals surface area (Å²) in [5.41, 5.74) is 1.83. The van der Waals surface area contributed by atoms with Crippen LogP contribution in [0.15, 0.2) is 42.9 Å². The molecule has 1 aromatic carbocycles. The van der Waals surface area contributed by atoms with Crippen molar-refractivity contribution in [1.29, 1.82) is 0 Å². The average molecular weight is 368 g/mol. The van der Waals surface area contributed by atoms with Crippen molar-refractivity contribution >= 4 is 27.5 Å². The van der Waals surface area contributed by atoms with Gasteiger partial charge in [0.15, 0.2) is 0 Å². The molecule has 1 fully saturated rings. The minimum absolute atomic E-state index is 0.0121. The fourth-order valence-electron chi connectivity index (χ4n) is 3.36. The molecule has 1 saturated heterocycles. The van der Waals surface area contributed by atoms with Gasteiger partial charge in [0.25, 0.3) is 0 Å². The Balaban J connectivity index is 1.33. The Morgan fingerprint density at radius 2 is 2.15 bits per heavy atom. The van der Waals surface area contributed by atoms with Gasteiger partial charge in [-0.3, -0.25) is 14.8 Å². The number of fused-ring (bicyclic) bond motifs is 1.